The van der Waals surface area contributed by atoms with Crippen LogP contribution in [0.15, 0.2) is 97.2 Å². The van der Waals surface area contributed by atoms with Gasteiger partial charge in [0.2, 0.25) is 17.7 Å². The number of fused-ring (bicyclic) bond motifs is 4. The molecule has 3 unspecified atom stereocenters. The van der Waals surface area contributed by atoms with Crippen LogP contribution in [0.2, 0.25) is 0 Å². The molecule has 9 amide bonds. The third-order valence-corrected chi connectivity index (χ3v) is 20.9. The second-order valence-corrected chi connectivity index (χ2v) is 28.6. The van der Waals surface area contributed by atoms with Gasteiger partial charge in [-0.25, -0.2) is 24.4 Å². The molecule has 2 saturated carbocycles. The number of amides is 9. The third-order valence-electron chi connectivity index (χ3n) is 19.9. The van der Waals surface area contributed by atoms with Crippen LogP contribution in [-0.4, -0.2) is 172 Å². The number of para-hydroxylation sites is 1. The van der Waals surface area contributed by atoms with Crippen LogP contribution in [0.1, 0.15) is 147 Å². The van der Waals surface area contributed by atoms with E-state index in [9.17, 15) is 48.3 Å². The SMILES string of the molecule is CCC1(Cn2ncc(-c3ccc(N4CCc5cccc(C(=O)Nc6nc7ccccc7s6)c5C4)nc3C(=O)O)c2C)CC2CCCC(OCCOCCOCCN(C)C(=O)OCc3ccc(NC(=O)[C@H](CCCNC(N)=O)NC(=O)[C@@H](NC(=O)CCCCCN4C(=O)C=CC4=O)C(C)C)cc3)(C2)C1. The molecule has 10 rings (SSSR count). The number of rotatable bonds is 36. The molecule has 3 aromatic heterocycles. The number of benzene rings is 3. The van der Waals surface area contributed by atoms with E-state index in [0.717, 1.165) is 76.9 Å². The number of anilines is 3. The zero-order valence-electron chi connectivity index (χ0n) is 59.3. The largest absolute Gasteiger partial charge is 0.476 e. The highest BCUT2D eigenvalue weighted by Crippen LogP contribution is 2.55. The van der Waals surface area contributed by atoms with Crippen molar-refractivity contribution in [2.24, 2.45) is 23.0 Å². The number of carbonyl (C=O) groups is 9. The minimum absolute atomic E-state index is 0.0454. The summed E-state index contributed by atoms with van der Waals surface area (Å²) in [4.78, 5) is 129. The van der Waals surface area contributed by atoms with Crippen molar-refractivity contribution < 1.29 is 67.2 Å². The van der Waals surface area contributed by atoms with E-state index in [1.165, 1.54) is 28.4 Å². The molecule has 0 radical (unpaired) electrons. The Morgan fingerprint density at radius 2 is 1.60 bits per heavy atom. The van der Waals surface area contributed by atoms with E-state index in [2.05, 4.69) is 38.5 Å². The van der Waals surface area contributed by atoms with Gasteiger partial charge in [0.15, 0.2) is 10.8 Å². The van der Waals surface area contributed by atoms with Gasteiger partial charge in [-0.05, 0) is 148 Å². The van der Waals surface area contributed by atoms with Crippen molar-refractivity contribution in [3.8, 4) is 11.1 Å². The molecule has 550 valence electrons. The van der Waals surface area contributed by atoms with E-state index in [1.54, 1.807) is 51.4 Å². The van der Waals surface area contributed by atoms with Crippen molar-refractivity contribution >= 4 is 91.7 Å². The van der Waals surface area contributed by atoms with Crippen LogP contribution in [0.3, 0.4) is 0 Å². The number of likely N-dealkylation sites (N-methyl/N-ethyl adjacent to an activating group) is 1. The van der Waals surface area contributed by atoms with Gasteiger partial charge in [-0.15, -0.1) is 0 Å². The summed E-state index contributed by atoms with van der Waals surface area (Å²) in [7, 11) is 1.61. The van der Waals surface area contributed by atoms with Crippen molar-refractivity contribution in [1.29, 1.82) is 0 Å². The number of thiazole rings is 1. The summed E-state index contributed by atoms with van der Waals surface area (Å²) in [6.07, 6.45) is 13.4. The molecule has 28 heteroatoms. The fraction of sp³-hybridized carbons (Fsp3) is 0.493. The zero-order valence-corrected chi connectivity index (χ0v) is 60.1. The smallest absolute Gasteiger partial charge is 0.409 e. The number of aromatic carboxylic acids is 1. The molecule has 2 aliphatic heterocycles. The number of pyridine rings is 1. The van der Waals surface area contributed by atoms with Crippen molar-refractivity contribution in [3.05, 3.63) is 131 Å². The number of hydrogen-bond donors (Lipinski definition) is 7. The minimum Gasteiger partial charge on any atom is -0.476 e. The van der Waals surface area contributed by atoms with Crippen LogP contribution in [0.25, 0.3) is 21.3 Å². The van der Waals surface area contributed by atoms with Gasteiger partial charge in [0.05, 0.1) is 55.0 Å². The van der Waals surface area contributed by atoms with Crippen molar-refractivity contribution in [1.82, 2.24) is 45.5 Å². The normalized spacial score (nSPS) is 18.3. The summed E-state index contributed by atoms with van der Waals surface area (Å²) in [5.41, 5.74) is 11.2. The Labute approximate surface area is 603 Å². The number of carboxylic acids is 1. The van der Waals surface area contributed by atoms with E-state index in [1.807, 2.05) is 71.1 Å². The molecule has 5 atom stereocenters. The quantitative estimate of drug-likeness (QED) is 0.0142. The van der Waals surface area contributed by atoms with E-state index < -0.39 is 42.0 Å². The predicted octanol–water partition coefficient (Wildman–Crippen LogP) is 9.31. The molecular weight excluding hydrogens is 1340 g/mol. The molecule has 103 heavy (non-hydrogen) atoms. The monoisotopic (exact) mass is 1430 g/mol. The van der Waals surface area contributed by atoms with Gasteiger partial charge in [0, 0.05) is 93.0 Å². The van der Waals surface area contributed by atoms with Gasteiger partial charge < -0.3 is 60.9 Å². The number of primary amides is 1. The number of aromatic nitrogens is 4. The molecule has 27 nitrogen and oxygen atoms in total. The van der Waals surface area contributed by atoms with Gasteiger partial charge >= 0.3 is 18.1 Å². The first kappa shape index (κ1) is 76.0. The number of hydrogen-bond acceptors (Lipinski definition) is 18. The molecule has 5 heterocycles. The summed E-state index contributed by atoms with van der Waals surface area (Å²) in [5.74, 6) is -2.90. The van der Waals surface area contributed by atoms with Crippen molar-refractivity contribution in [2.75, 3.05) is 81.8 Å². The lowest BCUT2D eigenvalue weighted by Gasteiger charge is -2.53. The number of imide groups is 1. The van der Waals surface area contributed by atoms with Gasteiger partial charge in [-0.2, -0.15) is 5.10 Å². The molecule has 0 saturated heterocycles. The van der Waals surface area contributed by atoms with Crippen LogP contribution in [0, 0.1) is 24.2 Å². The van der Waals surface area contributed by atoms with E-state index in [-0.39, 0.29) is 91.9 Å². The fourth-order valence-corrected chi connectivity index (χ4v) is 15.3. The van der Waals surface area contributed by atoms with Crippen LogP contribution in [0.4, 0.5) is 26.2 Å². The molecule has 0 spiro atoms. The molecule has 4 aliphatic rings. The summed E-state index contributed by atoms with van der Waals surface area (Å²) in [5, 5.41) is 30.0. The Morgan fingerprint density at radius 3 is 2.35 bits per heavy atom. The fourth-order valence-electron chi connectivity index (χ4n) is 14.4. The predicted molar refractivity (Wildman–Crippen MR) is 388 cm³/mol. The highest BCUT2D eigenvalue weighted by atomic mass is 32.1. The maximum absolute atomic E-state index is 13.8. The molecular formula is C75H95N13O14S. The second-order valence-electron chi connectivity index (χ2n) is 27.6. The third kappa shape index (κ3) is 20.2. The topological polar surface area (TPSA) is 350 Å². The molecule has 2 aliphatic carbocycles. The maximum Gasteiger partial charge on any atom is 0.409 e. The van der Waals surface area contributed by atoms with Gasteiger partial charge in [-0.3, -0.25) is 43.7 Å². The summed E-state index contributed by atoms with van der Waals surface area (Å²) in [6.45, 7) is 11.8. The van der Waals surface area contributed by atoms with Crippen molar-refractivity contribution in [3.63, 3.8) is 0 Å². The van der Waals surface area contributed by atoms with E-state index in [4.69, 9.17) is 34.8 Å². The number of carbonyl (C=O) groups excluding carboxylic acids is 8. The number of nitrogens with one attached hydrogen (secondary N) is 5. The van der Waals surface area contributed by atoms with Gasteiger partial charge in [0.25, 0.3) is 17.7 Å². The Bertz CT molecular complexity index is 4010. The molecule has 6 aromatic rings. The maximum atomic E-state index is 13.8. The molecule has 8 N–H and O–H groups in total. The van der Waals surface area contributed by atoms with Gasteiger partial charge in [0.1, 0.15) is 24.5 Å². The average Bonchev–Trinajstić information content (AvgIpc) is 1.68. The van der Waals surface area contributed by atoms with Crippen LogP contribution < -0.4 is 37.2 Å². The van der Waals surface area contributed by atoms with Crippen molar-refractivity contribution in [2.45, 2.75) is 155 Å². The first-order valence-corrected chi connectivity index (χ1v) is 36.4. The Balaban J connectivity index is 0.630. The first-order valence-electron chi connectivity index (χ1n) is 35.6. The zero-order chi connectivity index (χ0) is 73.2. The Kier molecular flexibility index (Phi) is 26.2. The standard InChI is InChI=1S/C75H95N13O14S/c1-6-74(47-88-49(4)56(43-78-88)54-26-27-61(82-66(54)70(95)96)86-34-30-52-16-12-17-55(57(52)44-86)67(92)84-72-81-58-18-9-10-20-60(58)103-72)41-51-15-13-31-75(42-51,46-74)102-40-39-100-38-37-99-36-35-85(5)73(98)101-45-50-22-24-53(25-23-50)79-68(93)59(19-14-32-77-71(76)97)80-69(94)65(48(2)3)83-62(89)21-8-7-11-33-87-63(90)28-29-64(87)91/h9-10,12,16-18,20,22-29,43,48,51,59,65H,6-8,11,13-15,19,21,30-42,44-47H2,1-5H3,(H,79,93)(H,80,94)(H,83,89)(H,95,96)(H3,76,77,97)(H,81,84,92)/t51?,59-,65-,74?,75?/m0/s1. The lowest BCUT2D eigenvalue weighted by molar-refractivity contribution is -0.155. The lowest BCUT2D eigenvalue weighted by atomic mass is 9.57. The average molecular weight is 1430 g/mol. The van der Waals surface area contributed by atoms with E-state index in [0.29, 0.717) is 123 Å². The van der Waals surface area contributed by atoms with Crippen LogP contribution in [-0.2, 0) is 69.0 Å². The molecule has 2 fully saturated rings. The molecule has 2 bridgehead atoms. The number of ether oxygens (including phenoxy) is 4. The number of carboxylic acid groups (broad SMARTS) is 1. The Morgan fingerprint density at radius 1 is 0.835 bits per heavy atom. The minimum atomic E-state index is -1.14. The Hall–Kier alpha value is -9.64. The highest BCUT2D eigenvalue weighted by Gasteiger charge is 2.50. The van der Waals surface area contributed by atoms with E-state index >= 15 is 0 Å². The lowest BCUT2D eigenvalue weighted by Crippen LogP contribution is -2.54. The first-order chi connectivity index (χ1) is 49.6. The highest BCUT2D eigenvalue weighted by molar-refractivity contribution is 7.22. The summed E-state index contributed by atoms with van der Waals surface area (Å²) in [6, 6.07) is 21.1. The number of urea groups is 1. The number of nitrogens with zero attached hydrogens (tertiary/aromatic N) is 7. The number of nitrogens with two attached hydrogens (primary N) is 1. The summed E-state index contributed by atoms with van der Waals surface area (Å²) >= 11 is 1.42. The molecule has 3 aromatic carbocycles. The second kappa shape index (κ2) is 35.5. The number of unbranched alkanes of at least 4 members (excludes halogenated alkanes) is 2. The van der Waals surface area contributed by atoms with Crippen LogP contribution in [0.5, 0.6) is 0 Å². The summed E-state index contributed by atoms with van der Waals surface area (Å²) < 4.78 is 27.2. The van der Waals surface area contributed by atoms with Crippen LogP contribution >= 0.6 is 11.3 Å². The van der Waals surface area contributed by atoms with Gasteiger partial charge in [-0.1, -0.05) is 87.8 Å².